The molecule has 40 heavy (non-hydrogen) atoms. The molecule has 1 aliphatic rings. The number of benzene rings is 3. The highest BCUT2D eigenvalue weighted by atomic mass is 16.5. The number of rotatable bonds is 8. The van der Waals surface area contributed by atoms with Crippen molar-refractivity contribution in [3.05, 3.63) is 113 Å². The van der Waals surface area contributed by atoms with E-state index in [-0.39, 0.29) is 5.91 Å². The van der Waals surface area contributed by atoms with Crippen LogP contribution in [0.1, 0.15) is 38.4 Å². The molecule has 1 saturated heterocycles. The molecule has 5 rings (SSSR count). The van der Waals surface area contributed by atoms with Gasteiger partial charge in [-0.1, -0.05) is 42.5 Å². The molecule has 0 radical (unpaired) electrons. The van der Waals surface area contributed by atoms with Crippen LogP contribution in [0.25, 0.3) is 5.69 Å². The predicted octanol–water partition coefficient (Wildman–Crippen LogP) is 5.50. The number of methoxy groups -OCH3 is 1. The number of para-hydroxylation sites is 3. The maximum atomic E-state index is 12.7. The molecular formula is C33H37N5O2. The molecule has 0 spiro atoms. The lowest BCUT2D eigenvalue weighted by atomic mass is 10.1. The number of hydrogen-bond donors (Lipinski definition) is 1. The first kappa shape index (κ1) is 27.2. The van der Waals surface area contributed by atoms with Gasteiger partial charge in [-0.3, -0.25) is 9.69 Å². The van der Waals surface area contributed by atoms with E-state index in [1.807, 2.05) is 48.5 Å². The molecule has 0 bridgehead atoms. The third kappa shape index (κ3) is 5.95. The molecule has 1 aliphatic heterocycles. The lowest BCUT2D eigenvalue weighted by Crippen LogP contribution is -2.46. The van der Waals surface area contributed by atoms with Crippen molar-refractivity contribution in [1.29, 1.82) is 0 Å². The van der Waals surface area contributed by atoms with Gasteiger partial charge in [0.1, 0.15) is 5.75 Å². The van der Waals surface area contributed by atoms with Gasteiger partial charge in [0.05, 0.1) is 19.0 Å². The molecule has 1 aromatic heterocycles. The standard InChI is InChI=1S/C33H37N5O2/c1-24-9-5-6-10-30(24)38-25(2)21-29(26(38)3)22-34-35-33(39)28-15-13-27(14-16-28)23-36-17-19-37(20-18-36)31-11-7-8-12-32(31)40-4/h5-16,21-22H,17-20,23H2,1-4H3,(H,35,39)/b34-22-. The second-order valence-corrected chi connectivity index (χ2v) is 10.3. The SMILES string of the molecule is COc1ccccc1N1CCN(Cc2ccc(C(=O)N/N=C\c3cc(C)n(-c4ccccc4C)c3C)cc2)CC1. The smallest absolute Gasteiger partial charge is 0.271 e. The van der Waals surface area contributed by atoms with Gasteiger partial charge >= 0.3 is 0 Å². The van der Waals surface area contributed by atoms with Crippen LogP contribution in [-0.4, -0.2) is 54.9 Å². The number of ether oxygens (including phenoxy) is 1. The highest BCUT2D eigenvalue weighted by Crippen LogP contribution is 2.28. The molecule has 0 aliphatic carbocycles. The van der Waals surface area contributed by atoms with E-state index in [4.69, 9.17) is 4.74 Å². The summed E-state index contributed by atoms with van der Waals surface area (Å²) in [5, 5.41) is 4.25. The van der Waals surface area contributed by atoms with Crippen LogP contribution in [0.15, 0.2) is 84.0 Å². The third-order valence-corrected chi connectivity index (χ3v) is 7.62. The van der Waals surface area contributed by atoms with E-state index in [9.17, 15) is 4.79 Å². The average molecular weight is 536 g/mol. The highest BCUT2D eigenvalue weighted by molar-refractivity contribution is 5.95. The maximum absolute atomic E-state index is 12.7. The molecule has 1 N–H and O–H groups in total. The van der Waals surface area contributed by atoms with E-state index in [1.165, 1.54) is 11.1 Å². The summed E-state index contributed by atoms with van der Waals surface area (Å²) in [4.78, 5) is 17.5. The first-order valence-electron chi connectivity index (χ1n) is 13.7. The minimum Gasteiger partial charge on any atom is -0.495 e. The number of hydrogen-bond acceptors (Lipinski definition) is 5. The Bertz CT molecular complexity index is 1500. The molecule has 0 unspecified atom stereocenters. The van der Waals surface area contributed by atoms with E-state index >= 15 is 0 Å². The fourth-order valence-electron chi connectivity index (χ4n) is 5.39. The zero-order chi connectivity index (χ0) is 28.1. The summed E-state index contributed by atoms with van der Waals surface area (Å²) in [7, 11) is 1.72. The molecule has 3 aromatic carbocycles. The summed E-state index contributed by atoms with van der Waals surface area (Å²) < 4.78 is 7.75. The van der Waals surface area contributed by atoms with E-state index in [2.05, 4.69) is 76.0 Å². The van der Waals surface area contributed by atoms with Crippen molar-refractivity contribution in [3.63, 3.8) is 0 Å². The Kier molecular flexibility index (Phi) is 8.31. The maximum Gasteiger partial charge on any atom is 0.271 e. The third-order valence-electron chi connectivity index (χ3n) is 7.62. The van der Waals surface area contributed by atoms with Crippen molar-refractivity contribution in [3.8, 4) is 11.4 Å². The summed E-state index contributed by atoms with van der Waals surface area (Å²) in [5.74, 6) is 0.695. The van der Waals surface area contributed by atoms with Gasteiger partial charge < -0.3 is 14.2 Å². The Labute approximate surface area is 236 Å². The van der Waals surface area contributed by atoms with Crippen LogP contribution in [0, 0.1) is 20.8 Å². The lowest BCUT2D eigenvalue weighted by Gasteiger charge is -2.36. The highest BCUT2D eigenvalue weighted by Gasteiger charge is 2.19. The van der Waals surface area contributed by atoms with Crippen molar-refractivity contribution < 1.29 is 9.53 Å². The molecule has 0 atom stereocenters. The van der Waals surface area contributed by atoms with Crippen molar-refractivity contribution >= 4 is 17.8 Å². The number of aryl methyl sites for hydroxylation is 2. The van der Waals surface area contributed by atoms with E-state index in [0.717, 1.165) is 66.8 Å². The van der Waals surface area contributed by atoms with Gasteiger partial charge in [0.25, 0.3) is 5.91 Å². The molecule has 7 nitrogen and oxygen atoms in total. The van der Waals surface area contributed by atoms with Crippen LogP contribution in [0.2, 0.25) is 0 Å². The number of piperazine rings is 1. The Morgan fingerprint density at radius 1 is 0.900 bits per heavy atom. The number of hydrazone groups is 1. The van der Waals surface area contributed by atoms with Crippen LogP contribution >= 0.6 is 0 Å². The molecule has 1 fully saturated rings. The normalized spacial score (nSPS) is 14.1. The minimum atomic E-state index is -0.221. The van der Waals surface area contributed by atoms with Crippen LogP contribution in [0.5, 0.6) is 5.75 Å². The van der Waals surface area contributed by atoms with Gasteiger partial charge in [0, 0.05) is 60.9 Å². The molecule has 0 saturated carbocycles. The van der Waals surface area contributed by atoms with Gasteiger partial charge in [-0.15, -0.1) is 0 Å². The number of nitrogens with one attached hydrogen (secondary N) is 1. The number of carbonyl (C=O) groups excluding carboxylic acids is 1. The summed E-state index contributed by atoms with van der Waals surface area (Å²) in [5.41, 5.74) is 11.1. The Hall–Kier alpha value is -4.36. The summed E-state index contributed by atoms with van der Waals surface area (Å²) in [6.45, 7) is 11.0. The van der Waals surface area contributed by atoms with Gasteiger partial charge in [0.2, 0.25) is 0 Å². The average Bonchev–Trinajstić information content (AvgIpc) is 3.26. The van der Waals surface area contributed by atoms with Crippen LogP contribution in [0.4, 0.5) is 5.69 Å². The van der Waals surface area contributed by atoms with Gasteiger partial charge in [0.15, 0.2) is 0 Å². The van der Waals surface area contributed by atoms with Gasteiger partial charge in [-0.2, -0.15) is 5.10 Å². The first-order chi connectivity index (χ1) is 19.4. The van der Waals surface area contributed by atoms with Crippen LogP contribution in [0.3, 0.4) is 0 Å². The summed E-state index contributed by atoms with van der Waals surface area (Å²) in [6, 6.07) is 26.4. The Morgan fingerprint density at radius 2 is 1.57 bits per heavy atom. The van der Waals surface area contributed by atoms with E-state index in [1.54, 1.807) is 13.3 Å². The number of nitrogens with zero attached hydrogens (tertiary/aromatic N) is 4. The number of carbonyl (C=O) groups is 1. The Balaban J connectivity index is 1.14. The number of aromatic nitrogens is 1. The predicted molar refractivity (Wildman–Crippen MR) is 162 cm³/mol. The number of amides is 1. The molecule has 1 amide bonds. The zero-order valence-electron chi connectivity index (χ0n) is 23.7. The monoisotopic (exact) mass is 535 g/mol. The zero-order valence-corrected chi connectivity index (χ0v) is 23.7. The summed E-state index contributed by atoms with van der Waals surface area (Å²) in [6.07, 6.45) is 1.72. The lowest BCUT2D eigenvalue weighted by molar-refractivity contribution is 0.0955. The molecular weight excluding hydrogens is 498 g/mol. The molecule has 2 heterocycles. The fourth-order valence-corrected chi connectivity index (χ4v) is 5.39. The van der Waals surface area contributed by atoms with Crippen LogP contribution in [-0.2, 0) is 6.54 Å². The largest absolute Gasteiger partial charge is 0.495 e. The second kappa shape index (κ2) is 12.2. The van der Waals surface area contributed by atoms with Gasteiger partial charge in [-0.25, -0.2) is 5.43 Å². The van der Waals surface area contributed by atoms with Crippen LogP contribution < -0.4 is 15.1 Å². The van der Waals surface area contributed by atoms with Crippen molar-refractivity contribution in [1.82, 2.24) is 14.9 Å². The Morgan fingerprint density at radius 3 is 2.27 bits per heavy atom. The minimum absolute atomic E-state index is 0.221. The fraction of sp³-hybridized carbons (Fsp3) is 0.273. The molecule has 7 heteroatoms. The van der Waals surface area contributed by atoms with Crippen molar-refractivity contribution in [2.45, 2.75) is 27.3 Å². The van der Waals surface area contributed by atoms with E-state index < -0.39 is 0 Å². The van der Waals surface area contributed by atoms with E-state index in [0.29, 0.717) is 5.56 Å². The summed E-state index contributed by atoms with van der Waals surface area (Å²) >= 11 is 0. The van der Waals surface area contributed by atoms with Gasteiger partial charge in [-0.05, 0) is 68.3 Å². The van der Waals surface area contributed by atoms with Crippen molar-refractivity contribution in [2.75, 3.05) is 38.2 Å². The topological polar surface area (TPSA) is 62.1 Å². The van der Waals surface area contributed by atoms with Crippen molar-refractivity contribution in [2.24, 2.45) is 5.10 Å². The first-order valence-corrected chi connectivity index (χ1v) is 13.7. The molecule has 206 valence electrons. The quantitative estimate of drug-likeness (QED) is 0.239. The second-order valence-electron chi connectivity index (χ2n) is 10.3. The number of anilines is 1. The molecule has 4 aromatic rings.